The van der Waals surface area contributed by atoms with Gasteiger partial charge in [0.05, 0.1) is 17.4 Å². The molecule has 1 aliphatic rings. The number of carboxylic acids is 1. The molecule has 0 saturated carbocycles. The van der Waals surface area contributed by atoms with E-state index >= 15 is 0 Å². The van der Waals surface area contributed by atoms with Gasteiger partial charge in [-0.05, 0) is 42.5 Å². The van der Waals surface area contributed by atoms with Crippen molar-refractivity contribution in [2.75, 3.05) is 10.2 Å². The van der Waals surface area contributed by atoms with Crippen LogP contribution in [0.2, 0.25) is 5.02 Å². The summed E-state index contributed by atoms with van der Waals surface area (Å²) in [4.78, 5) is 49.2. The number of nitrogens with one attached hydrogen (secondary N) is 1. The van der Waals surface area contributed by atoms with Crippen molar-refractivity contribution < 1.29 is 24.3 Å². The van der Waals surface area contributed by atoms with Gasteiger partial charge in [0.25, 0.3) is 0 Å². The molecule has 3 amide bonds. The van der Waals surface area contributed by atoms with E-state index < -0.39 is 11.2 Å². The van der Waals surface area contributed by atoms with Crippen molar-refractivity contribution in [3.05, 3.63) is 53.6 Å². The lowest BCUT2D eigenvalue weighted by molar-refractivity contribution is -0.138. The molecular formula is C20H17ClN2O5S. The molecule has 0 spiro atoms. The molecule has 3 rings (SSSR count). The molecule has 29 heavy (non-hydrogen) atoms. The van der Waals surface area contributed by atoms with Crippen LogP contribution in [0.25, 0.3) is 0 Å². The van der Waals surface area contributed by atoms with Crippen molar-refractivity contribution in [2.45, 2.75) is 29.4 Å². The zero-order valence-electron chi connectivity index (χ0n) is 15.1. The number of imide groups is 1. The number of halogens is 1. The Morgan fingerprint density at radius 1 is 1.14 bits per heavy atom. The molecule has 2 aromatic rings. The van der Waals surface area contributed by atoms with Crippen molar-refractivity contribution in [1.29, 1.82) is 0 Å². The van der Waals surface area contributed by atoms with Gasteiger partial charge >= 0.3 is 5.97 Å². The molecule has 9 heteroatoms. The Bertz CT molecular complexity index is 964. The van der Waals surface area contributed by atoms with Gasteiger partial charge in [0.15, 0.2) is 0 Å². The van der Waals surface area contributed by atoms with Gasteiger partial charge in [-0.25, -0.2) is 4.90 Å². The molecule has 1 saturated heterocycles. The average Bonchev–Trinajstić information content (AvgIpc) is 2.95. The Morgan fingerprint density at radius 3 is 2.52 bits per heavy atom. The highest BCUT2D eigenvalue weighted by Gasteiger charge is 2.40. The Balaban J connectivity index is 1.62. The van der Waals surface area contributed by atoms with Crippen molar-refractivity contribution in [2.24, 2.45) is 0 Å². The minimum Gasteiger partial charge on any atom is -0.481 e. The largest absolute Gasteiger partial charge is 0.481 e. The number of hydrogen-bond acceptors (Lipinski definition) is 5. The Kier molecular flexibility index (Phi) is 6.56. The van der Waals surface area contributed by atoms with Crippen LogP contribution in [0, 0.1) is 0 Å². The molecular weight excluding hydrogens is 416 g/mol. The first-order valence-electron chi connectivity index (χ1n) is 8.74. The van der Waals surface area contributed by atoms with Crippen molar-refractivity contribution in [3.8, 4) is 0 Å². The van der Waals surface area contributed by atoms with E-state index in [0.29, 0.717) is 16.4 Å². The fraction of sp³-hybridized carbons (Fsp3) is 0.200. The zero-order valence-corrected chi connectivity index (χ0v) is 16.7. The number of carbonyl (C=O) groups is 4. The van der Waals surface area contributed by atoms with E-state index in [2.05, 4.69) is 5.32 Å². The number of carboxylic acid groups (broad SMARTS) is 1. The lowest BCUT2D eigenvalue weighted by Crippen LogP contribution is -2.31. The number of amides is 3. The summed E-state index contributed by atoms with van der Waals surface area (Å²) in [7, 11) is 0. The van der Waals surface area contributed by atoms with Crippen LogP contribution in [-0.2, 0) is 19.2 Å². The van der Waals surface area contributed by atoms with Gasteiger partial charge < -0.3 is 10.4 Å². The number of hydrogen-bond donors (Lipinski definition) is 2. The summed E-state index contributed by atoms with van der Waals surface area (Å²) < 4.78 is 0. The molecule has 150 valence electrons. The van der Waals surface area contributed by atoms with E-state index in [1.165, 1.54) is 11.8 Å². The second kappa shape index (κ2) is 9.11. The molecule has 0 radical (unpaired) electrons. The van der Waals surface area contributed by atoms with Crippen LogP contribution in [0.5, 0.6) is 0 Å². The fourth-order valence-electron chi connectivity index (χ4n) is 2.81. The molecule has 0 aliphatic carbocycles. The first-order valence-corrected chi connectivity index (χ1v) is 10.00. The third-order valence-electron chi connectivity index (χ3n) is 4.15. The molecule has 1 heterocycles. The molecule has 1 aliphatic heterocycles. The Hall–Kier alpha value is -2.84. The lowest BCUT2D eigenvalue weighted by atomic mass is 10.2. The summed E-state index contributed by atoms with van der Waals surface area (Å²) in [5.74, 6) is -2.00. The third kappa shape index (κ3) is 5.36. The third-order valence-corrected chi connectivity index (χ3v) is 5.59. The van der Waals surface area contributed by atoms with Crippen LogP contribution in [0.4, 0.5) is 11.4 Å². The highest BCUT2D eigenvalue weighted by molar-refractivity contribution is 8.00. The number of aliphatic carboxylic acids is 1. The first-order chi connectivity index (χ1) is 13.8. The standard InChI is InChI=1S/C20H17ClN2O5S/c21-12-2-1-3-14(10-12)23-18(25)11-16(20(23)28)29-15-6-4-13(5-7-15)22-17(24)8-9-19(26)27/h1-7,10,16H,8-9,11H2,(H,22,24)(H,26,27)/t16-/m0/s1. The topological polar surface area (TPSA) is 104 Å². The summed E-state index contributed by atoms with van der Waals surface area (Å²) in [6, 6.07) is 13.4. The normalized spacial score (nSPS) is 16.2. The average molecular weight is 433 g/mol. The predicted octanol–water partition coefficient (Wildman–Crippen LogP) is 3.57. The number of rotatable bonds is 7. The van der Waals surface area contributed by atoms with Gasteiger partial charge in [-0.1, -0.05) is 17.7 Å². The molecule has 0 unspecified atom stereocenters. The number of carbonyl (C=O) groups excluding carboxylic acids is 3. The second-order valence-electron chi connectivity index (χ2n) is 6.32. The maximum Gasteiger partial charge on any atom is 0.303 e. The highest BCUT2D eigenvalue weighted by atomic mass is 35.5. The quantitative estimate of drug-likeness (QED) is 0.648. The molecule has 1 fully saturated rings. The van der Waals surface area contributed by atoms with Crippen molar-refractivity contribution >= 4 is 58.4 Å². The van der Waals surface area contributed by atoms with Crippen LogP contribution in [0.1, 0.15) is 19.3 Å². The lowest BCUT2D eigenvalue weighted by Gasteiger charge is -2.15. The zero-order chi connectivity index (χ0) is 21.0. The molecule has 0 aromatic heterocycles. The first kappa shape index (κ1) is 20.9. The van der Waals surface area contributed by atoms with Gasteiger partial charge in [-0.3, -0.25) is 19.2 Å². The minimum absolute atomic E-state index is 0.0870. The second-order valence-corrected chi connectivity index (χ2v) is 8.04. The van der Waals surface area contributed by atoms with Crippen molar-refractivity contribution in [3.63, 3.8) is 0 Å². The summed E-state index contributed by atoms with van der Waals surface area (Å²) in [5, 5.41) is 11.1. The molecule has 2 N–H and O–H groups in total. The van der Waals surface area contributed by atoms with E-state index in [0.717, 1.165) is 9.80 Å². The van der Waals surface area contributed by atoms with Crippen LogP contribution in [-0.4, -0.2) is 34.0 Å². The van der Waals surface area contributed by atoms with Crippen molar-refractivity contribution in [1.82, 2.24) is 0 Å². The highest BCUT2D eigenvalue weighted by Crippen LogP contribution is 2.35. The smallest absolute Gasteiger partial charge is 0.303 e. The molecule has 7 nitrogen and oxygen atoms in total. The summed E-state index contributed by atoms with van der Waals surface area (Å²) >= 11 is 7.23. The van der Waals surface area contributed by atoms with Crippen LogP contribution < -0.4 is 10.2 Å². The van der Waals surface area contributed by atoms with Crippen LogP contribution in [0.3, 0.4) is 0 Å². The predicted molar refractivity (Wildman–Crippen MR) is 110 cm³/mol. The number of anilines is 2. The van der Waals surface area contributed by atoms with E-state index in [-0.39, 0.29) is 37.0 Å². The van der Waals surface area contributed by atoms with E-state index in [4.69, 9.17) is 16.7 Å². The number of thioether (sulfide) groups is 1. The summed E-state index contributed by atoms with van der Waals surface area (Å²) in [6.45, 7) is 0. The minimum atomic E-state index is -1.03. The number of nitrogens with zero attached hydrogens (tertiary/aromatic N) is 1. The van der Waals surface area contributed by atoms with E-state index in [9.17, 15) is 19.2 Å². The summed E-state index contributed by atoms with van der Waals surface area (Å²) in [5.41, 5.74) is 0.981. The SMILES string of the molecule is O=C(O)CCC(=O)Nc1ccc(S[C@H]2CC(=O)N(c3cccc(Cl)c3)C2=O)cc1. The van der Waals surface area contributed by atoms with Gasteiger partial charge in [0.2, 0.25) is 17.7 Å². The van der Waals surface area contributed by atoms with E-state index in [1.54, 1.807) is 48.5 Å². The molecule has 2 aromatic carbocycles. The Labute approximate surface area is 176 Å². The summed E-state index contributed by atoms with van der Waals surface area (Å²) in [6.07, 6.45) is -0.256. The maximum absolute atomic E-state index is 12.7. The Morgan fingerprint density at radius 2 is 1.86 bits per heavy atom. The van der Waals surface area contributed by atoms with Gasteiger partial charge in [-0.15, -0.1) is 11.8 Å². The fourth-order valence-corrected chi connectivity index (χ4v) is 4.05. The van der Waals surface area contributed by atoms with Gasteiger partial charge in [0, 0.05) is 28.4 Å². The van der Waals surface area contributed by atoms with Crippen LogP contribution in [0.15, 0.2) is 53.4 Å². The van der Waals surface area contributed by atoms with Crippen LogP contribution >= 0.6 is 23.4 Å². The molecule has 0 bridgehead atoms. The van der Waals surface area contributed by atoms with E-state index in [1.807, 2.05) is 0 Å². The van der Waals surface area contributed by atoms with Gasteiger partial charge in [0.1, 0.15) is 0 Å². The number of benzene rings is 2. The maximum atomic E-state index is 12.7. The molecule has 1 atom stereocenters. The van der Waals surface area contributed by atoms with Gasteiger partial charge in [-0.2, -0.15) is 0 Å². The monoisotopic (exact) mass is 432 g/mol.